The first-order chi connectivity index (χ1) is 9.52. The van der Waals surface area contributed by atoms with Crippen LogP contribution in [0, 0.1) is 5.82 Å². The van der Waals surface area contributed by atoms with Crippen LogP contribution in [0.1, 0.15) is 32.3 Å². The van der Waals surface area contributed by atoms with E-state index in [4.69, 9.17) is 4.74 Å². The summed E-state index contributed by atoms with van der Waals surface area (Å²) in [5, 5.41) is 2.57. The SMILES string of the molecule is CCCCOC(=O)/C=C/c1cc(F)ccc1NC(C)=O. The van der Waals surface area contributed by atoms with Gasteiger partial charge >= 0.3 is 5.97 Å². The molecule has 0 radical (unpaired) electrons. The summed E-state index contributed by atoms with van der Waals surface area (Å²) in [6.45, 7) is 3.72. The van der Waals surface area contributed by atoms with Crippen LogP contribution in [0.15, 0.2) is 24.3 Å². The largest absolute Gasteiger partial charge is 0.463 e. The fourth-order valence-electron chi connectivity index (χ4n) is 1.50. The minimum atomic E-state index is -0.489. The number of ether oxygens (including phenoxy) is 1. The molecular formula is C15H18FNO3. The second kappa shape index (κ2) is 8.09. The molecule has 108 valence electrons. The van der Waals surface area contributed by atoms with Gasteiger partial charge in [-0.1, -0.05) is 13.3 Å². The van der Waals surface area contributed by atoms with Gasteiger partial charge in [-0.2, -0.15) is 0 Å². The number of anilines is 1. The van der Waals surface area contributed by atoms with Gasteiger partial charge in [0, 0.05) is 24.3 Å². The molecule has 0 aliphatic rings. The van der Waals surface area contributed by atoms with E-state index in [-0.39, 0.29) is 5.91 Å². The first-order valence-electron chi connectivity index (χ1n) is 6.45. The third-order valence-electron chi connectivity index (χ3n) is 2.47. The summed E-state index contributed by atoms with van der Waals surface area (Å²) >= 11 is 0. The van der Waals surface area contributed by atoms with E-state index < -0.39 is 11.8 Å². The Hall–Kier alpha value is -2.17. The van der Waals surface area contributed by atoms with Crippen molar-refractivity contribution in [2.24, 2.45) is 0 Å². The van der Waals surface area contributed by atoms with E-state index >= 15 is 0 Å². The number of rotatable bonds is 6. The van der Waals surface area contributed by atoms with Crippen molar-refractivity contribution in [3.05, 3.63) is 35.7 Å². The number of nitrogens with one attached hydrogen (secondary N) is 1. The van der Waals surface area contributed by atoms with Crippen LogP contribution in [0.25, 0.3) is 6.08 Å². The van der Waals surface area contributed by atoms with Gasteiger partial charge in [-0.05, 0) is 30.7 Å². The van der Waals surface area contributed by atoms with E-state index in [1.54, 1.807) is 0 Å². The van der Waals surface area contributed by atoms with Crippen LogP contribution < -0.4 is 5.32 Å². The van der Waals surface area contributed by atoms with E-state index in [1.165, 1.54) is 37.3 Å². The molecule has 0 aliphatic carbocycles. The highest BCUT2D eigenvalue weighted by Crippen LogP contribution is 2.18. The average Bonchev–Trinajstić information content (AvgIpc) is 2.39. The normalized spacial score (nSPS) is 10.6. The number of carbonyl (C=O) groups is 2. The van der Waals surface area contributed by atoms with Crippen molar-refractivity contribution in [1.82, 2.24) is 0 Å². The first kappa shape index (κ1) is 15.9. The van der Waals surface area contributed by atoms with Crippen molar-refractivity contribution in [2.45, 2.75) is 26.7 Å². The summed E-state index contributed by atoms with van der Waals surface area (Å²) < 4.78 is 18.1. The Morgan fingerprint density at radius 3 is 2.80 bits per heavy atom. The molecule has 0 saturated heterocycles. The Bertz CT molecular complexity index is 512. The van der Waals surface area contributed by atoms with Crippen LogP contribution in [0.4, 0.5) is 10.1 Å². The summed E-state index contributed by atoms with van der Waals surface area (Å²) in [5.74, 6) is -1.20. The molecule has 1 amide bonds. The van der Waals surface area contributed by atoms with Gasteiger partial charge < -0.3 is 10.1 Å². The fourth-order valence-corrected chi connectivity index (χ4v) is 1.50. The zero-order chi connectivity index (χ0) is 15.0. The molecule has 5 heteroatoms. The zero-order valence-corrected chi connectivity index (χ0v) is 11.6. The molecule has 1 aromatic carbocycles. The smallest absolute Gasteiger partial charge is 0.330 e. The minimum Gasteiger partial charge on any atom is -0.463 e. The molecule has 4 nitrogen and oxygen atoms in total. The topological polar surface area (TPSA) is 55.4 Å². The number of esters is 1. The van der Waals surface area contributed by atoms with E-state index in [1.807, 2.05) is 6.92 Å². The quantitative estimate of drug-likeness (QED) is 0.494. The number of unbranched alkanes of at least 4 members (excludes halogenated alkanes) is 1. The maximum Gasteiger partial charge on any atom is 0.330 e. The molecule has 0 unspecified atom stereocenters. The van der Waals surface area contributed by atoms with Crippen molar-refractivity contribution < 1.29 is 18.7 Å². The van der Waals surface area contributed by atoms with E-state index in [9.17, 15) is 14.0 Å². The maximum absolute atomic E-state index is 13.2. The Morgan fingerprint density at radius 2 is 2.15 bits per heavy atom. The molecule has 0 heterocycles. The molecule has 0 spiro atoms. The van der Waals surface area contributed by atoms with E-state index in [0.29, 0.717) is 17.9 Å². The van der Waals surface area contributed by atoms with Gasteiger partial charge in [-0.3, -0.25) is 4.79 Å². The fraction of sp³-hybridized carbons (Fsp3) is 0.333. The molecule has 0 fully saturated rings. The maximum atomic E-state index is 13.2. The summed E-state index contributed by atoms with van der Waals surface area (Å²) in [6.07, 6.45) is 4.38. The Morgan fingerprint density at radius 1 is 1.40 bits per heavy atom. The molecule has 0 bridgehead atoms. The lowest BCUT2D eigenvalue weighted by Gasteiger charge is -2.06. The highest BCUT2D eigenvalue weighted by molar-refractivity contribution is 5.93. The van der Waals surface area contributed by atoms with Crippen molar-refractivity contribution >= 4 is 23.6 Å². The molecule has 0 saturated carbocycles. The number of halogens is 1. The van der Waals surface area contributed by atoms with Crippen molar-refractivity contribution in [3.8, 4) is 0 Å². The van der Waals surface area contributed by atoms with Crippen LogP contribution in [0.5, 0.6) is 0 Å². The number of carbonyl (C=O) groups excluding carboxylic acids is 2. The average molecular weight is 279 g/mol. The number of benzene rings is 1. The summed E-state index contributed by atoms with van der Waals surface area (Å²) in [7, 11) is 0. The predicted octanol–water partition coefficient (Wildman–Crippen LogP) is 3.14. The standard InChI is InChI=1S/C15H18FNO3/c1-3-4-9-20-15(19)8-5-12-10-13(16)6-7-14(12)17-11(2)18/h5-8,10H,3-4,9H2,1-2H3,(H,17,18)/b8-5+. The van der Waals surface area contributed by atoms with Crippen LogP contribution in [-0.2, 0) is 14.3 Å². The van der Waals surface area contributed by atoms with Gasteiger partial charge in [0.05, 0.1) is 6.61 Å². The van der Waals surface area contributed by atoms with Crippen molar-refractivity contribution in [1.29, 1.82) is 0 Å². The first-order valence-corrected chi connectivity index (χ1v) is 6.45. The highest BCUT2D eigenvalue weighted by atomic mass is 19.1. The molecule has 1 aromatic rings. The molecule has 20 heavy (non-hydrogen) atoms. The van der Waals surface area contributed by atoms with Crippen molar-refractivity contribution in [3.63, 3.8) is 0 Å². The zero-order valence-electron chi connectivity index (χ0n) is 11.6. The lowest BCUT2D eigenvalue weighted by Crippen LogP contribution is -2.07. The molecule has 0 aliphatic heterocycles. The predicted molar refractivity (Wildman–Crippen MR) is 75.6 cm³/mol. The highest BCUT2D eigenvalue weighted by Gasteiger charge is 2.04. The summed E-state index contributed by atoms with van der Waals surface area (Å²) in [5.41, 5.74) is 0.851. The van der Waals surface area contributed by atoms with Gasteiger partial charge in [0.2, 0.25) is 5.91 Å². The van der Waals surface area contributed by atoms with Crippen LogP contribution in [-0.4, -0.2) is 18.5 Å². The number of amides is 1. The van der Waals surface area contributed by atoms with Crippen LogP contribution >= 0.6 is 0 Å². The molecular weight excluding hydrogens is 261 g/mol. The lowest BCUT2D eigenvalue weighted by atomic mass is 10.1. The lowest BCUT2D eigenvalue weighted by molar-refractivity contribution is -0.137. The third-order valence-corrected chi connectivity index (χ3v) is 2.47. The summed E-state index contributed by atoms with van der Waals surface area (Å²) in [4.78, 5) is 22.5. The van der Waals surface area contributed by atoms with Gasteiger partial charge in [-0.15, -0.1) is 0 Å². The molecule has 1 N–H and O–H groups in total. The van der Waals surface area contributed by atoms with Crippen molar-refractivity contribution in [2.75, 3.05) is 11.9 Å². The Labute approximate surface area is 117 Å². The second-order valence-corrected chi connectivity index (χ2v) is 4.27. The molecule has 0 aromatic heterocycles. The second-order valence-electron chi connectivity index (χ2n) is 4.27. The third kappa shape index (κ3) is 5.65. The van der Waals surface area contributed by atoms with Gasteiger partial charge in [-0.25, -0.2) is 9.18 Å². The van der Waals surface area contributed by atoms with Gasteiger partial charge in [0.15, 0.2) is 0 Å². The molecule has 1 rings (SSSR count). The summed E-state index contributed by atoms with van der Waals surface area (Å²) in [6, 6.07) is 3.92. The Balaban J connectivity index is 2.76. The minimum absolute atomic E-state index is 0.267. The van der Waals surface area contributed by atoms with Gasteiger partial charge in [0.25, 0.3) is 0 Å². The van der Waals surface area contributed by atoms with E-state index in [2.05, 4.69) is 5.32 Å². The van der Waals surface area contributed by atoms with Gasteiger partial charge in [0.1, 0.15) is 5.82 Å². The number of hydrogen-bond donors (Lipinski definition) is 1. The number of hydrogen-bond acceptors (Lipinski definition) is 3. The molecule has 0 atom stereocenters. The monoisotopic (exact) mass is 279 g/mol. The Kier molecular flexibility index (Phi) is 6.43. The van der Waals surface area contributed by atoms with Crippen LogP contribution in [0.2, 0.25) is 0 Å². The van der Waals surface area contributed by atoms with Crippen LogP contribution in [0.3, 0.4) is 0 Å². The van der Waals surface area contributed by atoms with E-state index in [0.717, 1.165) is 12.8 Å².